The maximum Gasteiger partial charge on any atom is -0.0103 e. The van der Waals surface area contributed by atoms with E-state index >= 15 is 0 Å². The summed E-state index contributed by atoms with van der Waals surface area (Å²) in [7, 11) is 0. The molecule has 0 nitrogen and oxygen atoms in total. The Morgan fingerprint density at radius 2 is 0.416 bits per heavy atom. The molecule has 19 rings (SSSR count). The molecule has 0 saturated heterocycles. The van der Waals surface area contributed by atoms with Gasteiger partial charge in [-0.3, -0.25) is 0 Å². The molecule has 0 spiro atoms. The van der Waals surface area contributed by atoms with Gasteiger partial charge in [0, 0.05) is 0 Å². The van der Waals surface area contributed by atoms with Gasteiger partial charge >= 0.3 is 0 Å². The zero-order valence-electron chi connectivity index (χ0n) is 68.9. The summed E-state index contributed by atoms with van der Waals surface area (Å²) in [4.78, 5) is 0. The van der Waals surface area contributed by atoms with E-state index < -0.39 is 0 Å². The molecule has 0 aliphatic carbocycles. The average Bonchev–Trinajstić information content (AvgIpc) is 0.792. The highest BCUT2D eigenvalue weighted by Gasteiger charge is 2.07. The SMILES string of the molecule is Cc1c2ccccc2cc2ccccc12.Cc1cc(-c2ccccc2)cc(-c2ccccc2)c1.Cc1cc(C)cc(C)c1.Cc1ccc2cc3ccccc3cc2c1.Cc1ccc2ccc3ccccc3c2c1.Cc1cccc(C)c1.Cc1cccc(C)c1C.Cc1cccc2cc3ccccc3cc12.Cc1ccccc1C. The molecule has 0 saturated carbocycles. The van der Waals surface area contributed by atoms with Gasteiger partial charge in [0.25, 0.3) is 0 Å². The van der Waals surface area contributed by atoms with Crippen LogP contribution in [0.2, 0.25) is 0 Å². The molecule has 0 heterocycles. The molecule has 0 aliphatic heterocycles. The Labute approximate surface area is 673 Å². The maximum absolute atomic E-state index is 2.28. The molecule has 0 atom stereocenters. The lowest BCUT2D eigenvalue weighted by atomic mass is 9.97. The Hall–Kier alpha value is -12.7. The van der Waals surface area contributed by atoms with Crippen molar-refractivity contribution in [2.45, 2.75) is 104 Å². The smallest absolute Gasteiger partial charge is 0.0103 e. The third-order valence-electron chi connectivity index (χ3n) is 20.9. The van der Waals surface area contributed by atoms with Gasteiger partial charge in [0.15, 0.2) is 0 Å². The molecule has 113 heavy (non-hydrogen) atoms. The van der Waals surface area contributed by atoms with E-state index in [2.05, 4.69) is 486 Å². The largest absolute Gasteiger partial charge is 0.0622 e. The summed E-state index contributed by atoms with van der Waals surface area (Å²) in [5.74, 6) is 0. The van der Waals surface area contributed by atoms with Crippen molar-refractivity contribution in [2.75, 3.05) is 0 Å². The third-order valence-corrected chi connectivity index (χ3v) is 20.9. The second-order valence-corrected chi connectivity index (χ2v) is 30.2. The van der Waals surface area contributed by atoms with Crippen LogP contribution in [0.3, 0.4) is 0 Å². The molecule has 0 aliphatic rings. The second kappa shape index (κ2) is 39.8. The molecule has 0 amide bonds. The van der Waals surface area contributed by atoms with Crippen LogP contribution < -0.4 is 0 Å². The van der Waals surface area contributed by atoms with E-state index in [1.165, 1.54) is 192 Å². The predicted octanol–water partition coefficient (Wildman–Crippen LogP) is 32.4. The van der Waals surface area contributed by atoms with Gasteiger partial charge in [-0.25, -0.2) is 0 Å². The molecule has 0 aromatic heterocycles. The molecule has 0 bridgehead atoms. The topological polar surface area (TPSA) is 0 Å². The van der Waals surface area contributed by atoms with E-state index in [1.54, 1.807) is 0 Å². The van der Waals surface area contributed by atoms with Crippen LogP contribution in [0.25, 0.3) is 108 Å². The first-order valence-corrected chi connectivity index (χ1v) is 39.6. The fraction of sp³-hybridized carbons (Fsp3) is 0.133. The highest BCUT2D eigenvalue weighted by Crippen LogP contribution is 2.32. The van der Waals surface area contributed by atoms with Crippen molar-refractivity contribution in [1.82, 2.24) is 0 Å². The van der Waals surface area contributed by atoms with Gasteiger partial charge in [-0.2, -0.15) is 0 Å². The summed E-state index contributed by atoms with van der Waals surface area (Å²) in [6.07, 6.45) is 0. The third kappa shape index (κ3) is 23.0. The van der Waals surface area contributed by atoms with E-state index in [9.17, 15) is 0 Å². The van der Waals surface area contributed by atoms with Gasteiger partial charge in [0.1, 0.15) is 0 Å². The van der Waals surface area contributed by atoms with Crippen molar-refractivity contribution in [3.8, 4) is 22.3 Å². The Balaban J connectivity index is 0.000000127. The molecule has 0 radical (unpaired) electrons. The fourth-order valence-corrected chi connectivity index (χ4v) is 14.5. The molecule has 19 aromatic carbocycles. The van der Waals surface area contributed by atoms with Crippen molar-refractivity contribution < 1.29 is 0 Å². The second-order valence-electron chi connectivity index (χ2n) is 30.2. The minimum absolute atomic E-state index is 1.27. The van der Waals surface area contributed by atoms with Crippen molar-refractivity contribution >= 4 is 86.2 Å². The highest BCUT2D eigenvalue weighted by atomic mass is 14.1. The number of aryl methyl sites for hydroxylation is 14. The molecule has 0 unspecified atom stereocenters. The molecule has 0 heteroatoms. The lowest BCUT2D eigenvalue weighted by Gasteiger charge is -2.08. The fourth-order valence-electron chi connectivity index (χ4n) is 14.5. The summed E-state index contributed by atoms with van der Waals surface area (Å²) in [6, 6.07) is 136. The van der Waals surface area contributed by atoms with Crippen molar-refractivity contribution in [3.05, 3.63) is 466 Å². The first kappa shape index (κ1) is 81.3. The van der Waals surface area contributed by atoms with Crippen LogP contribution in [0, 0.1) is 104 Å². The van der Waals surface area contributed by atoms with Gasteiger partial charge in [-0.05, 0) is 293 Å². The summed E-state index contributed by atoms with van der Waals surface area (Å²) >= 11 is 0. The molecule has 560 valence electrons. The van der Waals surface area contributed by atoms with Crippen molar-refractivity contribution in [1.29, 1.82) is 0 Å². The molecule has 0 N–H and O–H groups in total. The quantitative estimate of drug-likeness (QED) is 0.120. The van der Waals surface area contributed by atoms with Gasteiger partial charge in [0.05, 0.1) is 0 Å². The van der Waals surface area contributed by atoms with E-state index in [1.807, 2.05) is 0 Å². The van der Waals surface area contributed by atoms with Gasteiger partial charge in [-0.1, -0.05) is 385 Å². The van der Waals surface area contributed by atoms with Crippen LogP contribution in [0.1, 0.15) is 83.5 Å². The van der Waals surface area contributed by atoms with Crippen molar-refractivity contribution in [2.24, 2.45) is 0 Å². The highest BCUT2D eigenvalue weighted by molar-refractivity contribution is 6.08. The molecule has 19 aromatic rings. The van der Waals surface area contributed by atoms with Gasteiger partial charge in [0.2, 0.25) is 0 Å². The van der Waals surface area contributed by atoms with Crippen LogP contribution >= 0.6 is 0 Å². The van der Waals surface area contributed by atoms with Crippen LogP contribution in [0.15, 0.2) is 382 Å². The van der Waals surface area contributed by atoms with Crippen LogP contribution in [-0.4, -0.2) is 0 Å². The van der Waals surface area contributed by atoms with E-state index in [0.717, 1.165) is 0 Å². The van der Waals surface area contributed by atoms with Crippen molar-refractivity contribution in [3.63, 3.8) is 0 Å². The predicted molar refractivity (Wildman–Crippen MR) is 500 cm³/mol. The Bertz CT molecular complexity index is 6080. The minimum Gasteiger partial charge on any atom is -0.0622 e. The monoisotopic (exact) mass is 1460 g/mol. The minimum atomic E-state index is 1.27. The van der Waals surface area contributed by atoms with E-state index in [-0.39, 0.29) is 0 Å². The van der Waals surface area contributed by atoms with Gasteiger partial charge in [-0.15, -0.1) is 0 Å². The Morgan fingerprint density at radius 1 is 0.115 bits per heavy atom. The summed E-state index contributed by atoms with van der Waals surface area (Å²) in [5, 5.41) is 21.3. The first-order chi connectivity index (χ1) is 54.7. The average molecular weight is 1470 g/mol. The van der Waals surface area contributed by atoms with E-state index in [4.69, 9.17) is 0 Å². The number of hydrogen-bond acceptors (Lipinski definition) is 0. The number of fused-ring (bicyclic) bond motifs is 9. The Kier molecular flexibility index (Phi) is 28.6. The summed E-state index contributed by atoms with van der Waals surface area (Å²) < 4.78 is 0. The van der Waals surface area contributed by atoms with Crippen LogP contribution in [0.4, 0.5) is 0 Å². The van der Waals surface area contributed by atoms with E-state index in [0.29, 0.717) is 0 Å². The zero-order chi connectivity index (χ0) is 79.8. The lowest BCUT2D eigenvalue weighted by molar-refractivity contribution is 1.27. The summed E-state index contributed by atoms with van der Waals surface area (Å²) in [5.41, 5.74) is 25.4. The first-order valence-electron chi connectivity index (χ1n) is 39.6. The maximum atomic E-state index is 2.28. The molecular weight excluding hydrogens is 1360 g/mol. The number of hydrogen-bond donors (Lipinski definition) is 0. The Morgan fingerprint density at radius 3 is 0.894 bits per heavy atom. The standard InChI is InChI=1S/C19H16.4C15H12.2C9H12.2C8H10/c1-15-12-18(16-8-4-2-5-9-16)14-19(13-15)17-10-6-3-7-11-17;1-11-14-8-4-2-6-12(14)10-13-7-3-5-9-15(11)13;1-11-5-4-8-14-9-12-6-2-3-7-13(12)10-15(11)14;1-11-6-7-14-9-12-4-2-3-5-13(12)10-15(14)8-11;1-11-6-7-13-9-8-12-4-2-3-5-14(12)15(13)10-11;1-7-4-8(2)6-9(3)5-7;1-7-5-4-6-8(2)9(7)3;1-7-4-3-5-8(2)6-7;1-7-5-3-4-6-8(7)2/h2-14H,1H3;4*2-10H,1H3;2*4-6H,1-3H3;2*3-6H,1-2H3. The van der Waals surface area contributed by atoms with Crippen LogP contribution in [-0.2, 0) is 0 Å². The molecule has 0 fully saturated rings. The van der Waals surface area contributed by atoms with Gasteiger partial charge < -0.3 is 0 Å². The lowest BCUT2D eigenvalue weighted by Crippen LogP contribution is -1.84. The zero-order valence-corrected chi connectivity index (χ0v) is 68.9. The normalized spacial score (nSPS) is 10.4. The summed E-state index contributed by atoms with van der Waals surface area (Å²) in [6.45, 7) is 32.1. The molecular formula is C113H108. The van der Waals surface area contributed by atoms with Crippen LogP contribution in [0.5, 0.6) is 0 Å². The number of benzene rings is 19. The number of rotatable bonds is 2.